The van der Waals surface area contributed by atoms with Crippen molar-refractivity contribution < 1.29 is 9.18 Å². The smallest absolute Gasteiger partial charge is 0.279 e. The van der Waals surface area contributed by atoms with Gasteiger partial charge in [-0.05, 0) is 48.4 Å². The molecule has 4 rings (SSSR count). The first-order valence-electron chi connectivity index (χ1n) is 9.96. The molecular weight excluding hydrogens is 409 g/mol. The number of amides is 1. The molecule has 0 radical (unpaired) electrons. The van der Waals surface area contributed by atoms with Gasteiger partial charge in [0, 0.05) is 49.6 Å². The third-order valence-corrected chi connectivity index (χ3v) is 4.90. The van der Waals surface area contributed by atoms with Gasteiger partial charge in [0.15, 0.2) is 5.69 Å². The predicted molar refractivity (Wildman–Crippen MR) is 117 cm³/mol. The highest BCUT2D eigenvalue weighted by Gasteiger charge is 2.23. The molecule has 0 fully saturated rings. The summed E-state index contributed by atoms with van der Waals surface area (Å²) in [6.45, 7) is 2.11. The van der Waals surface area contributed by atoms with E-state index in [-0.39, 0.29) is 24.5 Å². The predicted octanol–water partition coefficient (Wildman–Crippen LogP) is 3.31. The molecule has 0 bridgehead atoms. The molecule has 0 aliphatic carbocycles. The van der Waals surface area contributed by atoms with Gasteiger partial charge in [0.05, 0.1) is 0 Å². The van der Waals surface area contributed by atoms with Gasteiger partial charge in [-0.25, -0.2) is 9.07 Å². The third-order valence-electron chi connectivity index (χ3n) is 4.90. The van der Waals surface area contributed by atoms with Gasteiger partial charge in [0.2, 0.25) is 5.43 Å². The number of nitrogens with zero attached hydrogens (tertiary/aromatic N) is 5. The van der Waals surface area contributed by atoms with Crippen molar-refractivity contribution in [3.8, 4) is 5.69 Å². The van der Waals surface area contributed by atoms with Crippen molar-refractivity contribution in [3.05, 3.63) is 118 Å². The lowest BCUT2D eigenvalue weighted by Crippen LogP contribution is -2.35. The van der Waals surface area contributed by atoms with Crippen LogP contribution in [0.2, 0.25) is 0 Å². The quantitative estimate of drug-likeness (QED) is 0.470. The minimum absolute atomic E-state index is 0.159. The summed E-state index contributed by atoms with van der Waals surface area (Å²) in [7, 11) is 0. The molecule has 1 aromatic carbocycles. The summed E-state index contributed by atoms with van der Waals surface area (Å²) in [5, 5.41) is 4.25. The van der Waals surface area contributed by atoms with Crippen LogP contribution < -0.4 is 5.43 Å². The molecule has 0 N–H and O–H groups in total. The fourth-order valence-electron chi connectivity index (χ4n) is 3.33. The second-order valence-corrected chi connectivity index (χ2v) is 7.24. The zero-order valence-electron chi connectivity index (χ0n) is 17.4. The molecule has 0 atom stereocenters. The molecule has 0 saturated heterocycles. The van der Waals surface area contributed by atoms with Gasteiger partial charge >= 0.3 is 0 Å². The first-order valence-corrected chi connectivity index (χ1v) is 9.96. The number of carbonyl (C=O) groups is 1. The van der Waals surface area contributed by atoms with E-state index in [0.29, 0.717) is 5.69 Å². The second-order valence-electron chi connectivity index (χ2n) is 7.24. The molecule has 1 amide bonds. The molecule has 3 heterocycles. The van der Waals surface area contributed by atoms with Crippen molar-refractivity contribution in [2.45, 2.75) is 20.0 Å². The molecule has 0 saturated carbocycles. The van der Waals surface area contributed by atoms with Crippen molar-refractivity contribution in [1.29, 1.82) is 0 Å². The molecule has 0 spiro atoms. The molecule has 4 aromatic rings. The Labute approximate surface area is 183 Å². The van der Waals surface area contributed by atoms with Gasteiger partial charge in [0.25, 0.3) is 5.91 Å². The first kappa shape index (κ1) is 21.0. The molecule has 0 aliphatic rings. The Morgan fingerprint density at radius 3 is 2.44 bits per heavy atom. The van der Waals surface area contributed by atoms with Crippen LogP contribution in [0.1, 0.15) is 27.3 Å². The van der Waals surface area contributed by atoms with Gasteiger partial charge in [-0.3, -0.25) is 19.6 Å². The molecular formula is C24H20FN5O2. The number of para-hydroxylation sites is 1. The Morgan fingerprint density at radius 1 is 0.969 bits per heavy atom. The maximum absolute atomic E-state index is 14.4. The van der Waals surface area contributed by atoms with Crippen LogP contribution in [-0.2, 0) is 13.1 Å². The molecule has 8 heteroatoms. The van der Waals surface area contributed by atoms with Gasteiger partial charge < -0.3 is 4.90 Å². The van der Waals surface area contributed by atoms with Crippen molar-refractivity contribution in [2.24, 2.45) is 0 Å². The molecule has 0 unspecified atom stereocenters. The van der Waals surface area contributed by atoms with Crippen molar-refractivity contribution in [1.82, 2.24) is 24.6 Å². The van der Waals surface area contributed by atoms with Crippen molar-refractivity contribution in [3.63, 3.8) is 0 Å². The van der Waals surface area contributed by atoms with Crippen molar-refractivity contribution in [2.75, 3.05) is 0 Å². The maximum Gasteiger partial charge on any atom is 0.279 e. The normalized spacial score (nSPS) is 10.7. The van der Waals surface area contributed by atoms with Crippen LogP contribution in [0.25, 0.3) is 5.69 Å². The van der Waals surface area contributed by atoms with Crippen LogP contribution in [0.4, 0.5) is 4.39 Å². The summed E-state index contributed by atoms with van der Waals surface area (Å²) < 4.78 is 15.7. The second kappa shape index (κ2) is 9.30. The van der Waals surface area contributed by atoms with Crippen LogP contribution in [-0.4, -0.2) is 30.6 Å². The largest absolute Gasteiger partial charge is 0.328 e. The van der Waals surface area contributed by atoms with E-state index in [1.165, 1.54) is 21.7 Å². The van der Waals surface area contributed by atoms with E-state index >= 15 is 0 Å². The first-order chi connectivity index (χ1) is 15.5. The monoisotopic (exact) mass is 429 g/mol. The average Bonchev–Trinajstić information content (AvgIpc) is 2.80. The van der Waals surface area contributed by atoms with E-state index in [1.807, 2.05) is 6.07 Å². The minimum atomic E-state index is -0.555. The Kier molecular flexibility index (Phi) is 6.12. The number of aromatic nitrogens is 4. The van der Waals surface area contributed by atoms with Gasteiger partial charge in [-0.15, -0.1) is 0 Å². The van der Waals surface area contributed by atoms with E-state index in [1.54, 1.807) is 68.1 Å². The average molecular weight is 429 g/mol. The number of hydrogen-bond donors (Lipinski definition) is 0. The van der Waals surface area contributed by atoms with Crippen LogP contribution in [0.15, 0.2) is 84.2 Å². The highest BCUT2D eigenvalue weighted by Crippen LogP contribution is 2.15. The Hall–Kier alpha value is -4.20. The number of halogens is 1. The molecule has 7 nitrogen and oxygen atoms in total. The van der Waals surface area contributed by atoms with E-state index in [2.05, 4.69) is 15.1 Å². The van der Waals surface area contributed by atoms with Gasteiger partial charge in [-0.1, -0.05) is 18.2 Å². The molecule has 0 aliphatic heterocycles. The Bertz CT molecular complexity index is 1250. The highest BCUT2D eigenvalue weighted by molar-refractivity contribution is 5.92. The lowest BCUT2D eigenvalue weighted by atomic mass is 10.2. The number of benzene rings is 1. The van der Waals surface area contributed by atoms with Crippen LogP contribution in [0.3, 0.4) is 0 Å². The topological polar surface area (TPSA) is 81.0 Å². The fourth-order valence-corrected chi connectivity index (χ4v) is 3.33. The van der Waals surface area contributed by atoms with Crippen LogP contribution >= 0.6 is 0 Å². The zero-order valence-corrected chi connectivity index (χ0v) is 17.4. The molecule has 3 aromatic heterocycles. The lowest BCUT2D eigenvalue weighted by molar-refractivity contribution is 0.0720. The standard InChI is InChI=1S/C24H20FN5O2/c1-17-13-22(31)23(28-30(17)21-7-3-2-6-20(21)25)24(32)29(15-18-8-11-26-12-9-18)16-19-5-4-10-27-14-19/h2-14H,15-16H2,1H3. The summed E-state index contributed by atoms with van der Waals surface area (Å²) in [5.41, 5.74) is 1.43. The van der Waals surface area contributed by atoms with E-state index in [0.717, 1.165) is 11.1 Å². The van der Waals surface area contributed by atoms with E-state index in [9.17, 15) is 14.0 Å². The third kappa shape index (κ3) is 4.59. The summed E-state index contributed by atoms with van der Waals surface area (Å²) >= 11 is 0. The Morgan fingerprint density at radius 2 is 1.72 bits per heavy atom. The van der Waals surface area contributed by atoms with Crippen LogP contribution in [0.5, 0.6) is 0 Å². The van der Waals surface area contributed by atoms with Gasteiger partial charge in [-0.2, -0.15) is 5.10 Å². The number of pyridine rings is 2. The van der Waals surface area contributed by atoms with E-state index in [4.69, 9.17) is 0 Å². The SMILES string of the molecule is Cc1cc(=O)c(C(=O)N(Cc2ccncc2)Cc2cccnc2)nn1-c1ccccc1F. The number of hydrogen-bond acceptors (Lipinski definition) is 5. The van der Waals surface area contributed by atoms with E-state index < -0.39 is 17.2 Å². The maximum atomic E-state index is 14.4. The number of aryl methyl sites for hydroxylation is 1. The minimum Gasteiger partial charge on any atom is -0.328 e. The number of rotatable bonds is 6. The fraction of sp³-hybridized carbons (Fsp3) is 0.125. The summed E-state index contributed by atoms with van der Waals surface area (Å²) in [4.78, 5) is 35.8. The zero-order chi connectivity index (χ0) is 22.5. The summed E-state index contributed by atoms with van der Waals surface area (Å²) in [6, 6.07) is 14.6. The number of carbonyl (C=O) groups excluding carboxylic acids is 1. The Balaban J connectivity index is 1.75. The van der Waals surface area contributed by atoms with Crippen LogP contribution in [0, 0.1) is 12.7 Å². The van der Waals surface area contributed by atoms with Crippen molar-refractivity contribution >= 4 is 5.91 Å². The summed E-state index contributed by atoms with van der Waals surface area (Å²) in [5.74, 6) is -1.06. The molecule has 32 heavy (non-hydrogen) atoms. The summed E-state index contributed by atoms with van der Waals surface area (Å²) in [6.07, 6.45) is 6.58. The van der Waals surface area contributed by atoms with Gasteiger partial charge in [0.1, 0.15) is 11.5 Å². The molecule has 160 valence electrons. The highest BCUT2D eigenvalue weighted by atomic mass is 19.1. The lowest BCUT2D eigenvalue weighted by Gasteiger charge is -2.23.